The highest BCUT2D eigenvalue weighted by atomic mass is 32.1. The molecule has 1 amide bonds. The Labute approximate surface area is 144 Å². The number of carbonyl (C=O) groups is 1. The summed E-state index contributed by atoms with van der Waals surface area (Å²) in [5.41, 5.74) is -0.0400. The van der Waals surface area contributed by atoms with E-state index in [-0.39, 0.29) is 18.2 Å². The predicted molar refractivity (Wildman–Crippen MR) is 90.4 cm³/mol. The molecule has 0 spiro atoms. The number of rotatable bonds is 6. The van der Waals surface area contributed by atoms with Gasteiger partial charge in [-0.15, -0.1) is 11.3 Å². The van der Waals surface area contributed by atoms with Gasteiger partial charge in [-0.05, 0) is 23.6 Å². The van der Waals surface area contributed by atoms with Gasteiger partial charge in [0.1, 0.15) is 5.75 Å². The smallest absolute Gasteiger partial charge is 0.269 e. The Morgan fingerprint density at radius 2 is 2.08 bits per heavy atom. The first-order chi connectivity index (χ1) is 11.6. The quantitative estimate of drug-likeness (QED) is 0.533. The zero-order valence-electron chi connectivity index (χ0n) is 12.0. The molecule has 0 saturated carbocycles. The van der Waals surface area contributed by atoms with Crippen LogP contribution in [0.15, 0.2) is 41.8 Å². The average Bonchev–Trinajstić information content (AvgIpc) is 3.24. The van der Waals surface area contributed by atoms with E-state index in [1.54, 1.807) is 0 Å². The number of thiophene rings is 1. The number of hydrogen-bond donors (Lipinski definition) is 1. The minimum atomic E-state index is -0.503. The second-order valence-electron chi connectivity index (χ2n) is 4.49. The van der Waals surface area contributed by atoms with E-state index in [4.69, 9.17) is 4.74 Å². The second-order valence-corrected chi connectivity index (χ2v) is 6.19. The van der Waals surface area contributed by atoms with Crippen LogP contribution in [0.4, 0.5) is 10.8 Å². The average molecular weight is 362 g/mol. The van der Waals surface area contributed by atoms with Gasteiger partial charge in [-0.25, -0.2) is 0 Å². The lowest BCUT2D eigenvalue weighted by molar-refractivity contribution is -0.384. The van der Waals surface area contributed by atoms with Gasteiger partial charge < -0.3 is 4.74 Å². The Hall–Kier alpha value is -2.85. The van der Waals surface area contributed by atoms with Crippen molar-refractivity contribution in [3.05, 3.63) is 51.9 Å². The standard InChI is InChI=1S/C14H10N4O4S2/c19-12(8-22-10-5-3-9(4-6-10)18(20)21)15-14-16-13(17-24-14)11-2-1-7-23-11/h1-7H,8H2,(H,15,16,17,19). The summed E-state index contributed by atoms with van der Waals surface area (Å²) in [6.07, 6.45) is 0. The zero-order valence-corrected chi connectivity index (χ0v) is 13.7. The zero-order chi connectivity index (χ0) is 16.9. The van der Waals surface area contributed by atoms with Crippen LogP contribution in [0.2, 0.25) is 0 Å². The highest BCUT2D eigenvalue weighted by molar-refractivity contribution is 7.14. The Morgan fingerprint density at radius 1 is 1.29 bits per heavy atom. The molecule has 8 nitrogen and oxygen atoms in total. The van der Waals surface area contributed by atoms with E-state index >= 15 is 0 Å². The van der Waals surface area contributed by atoms with Gasteiger partial charge in [0.2, 0.25) is 5.13 Å². The maximum atomic E-state index is 11.9. The molecule has 2 heterocycles. The molecule has 1 N–H and O–H groups in total. The number of nitro groups is 1. The third-order valence-electron chi connectivity index (χ3n) is 2.83. The number of nitrogens with one attached hydrogen (secondary N) is 1. The largest absolute Gasteiger partial charge is 0.484 e. The normalized spacial score (nSPS) is 10.3. The highest BCUT2D eigenvalue weighted by Crippen LogP contribution is 2.25. The SMILES string of the molecule is O=C(COc1ccc([N+](=O)[O-])cc1)Nc1nc(-c2cccs2)ns1. The molecule has 3 rings (SSSR count). The molecular formula is C14H10N4O4S2. The number of nitrogens with zero attached hydrogens (tertiary/aromatic N) is 3. The molecule has 0 unspecified atom stereocenters. The van der Waals surface area contributed by atoms with Crippen LogP contribution in [0, 0.1) is 10.1 Å². The van der Waals surface area contributed by atoms with Crippen molar-refractivity contribution >= 4 is 39.6 Å². The van der Waals surface area contributed by atoms with Crippen LogP contribution in [0.3, 0.4) is 0 Å². The number of benzene rings is 1. The summed E-state index contributed by atoms with van der Waals surface area (Å²) in [6, 6.07) is 9.29. The van der Waals surface area contributed by atoms with E-state index in [9.17, 15) is 14.9 Å². The molecule has 10 heteroatoms. The summed E-state index contributed by atoms with van der Waals surface area (Å²) in [5, 5.41) is 15.5. The van der Waals surface area contributed by atoms with Crippen LogP contribution in [0.5, 0.6) is 5.75 Å². The Bertz CT molecular complexity index is 846. The van der Waals surface area contributed by atoms with Crippen molar-refractivity contribution < 1.29 is 14.5 Å². The predicted octanol–water partition coefficient (Wildman–Crippen LogP) is 3.19. The Balaban J connectivity index is 1.53. The number of aromatic nitrogens is 2. The summed E-state index contributed by atoms with van der Waals surface area (Å²) in [6.45, 7) is -0.230. The monoisotopic (exact) mass is 362 g/mol. The maximum absolute atomic E-state index is 11.9. The van der Waals surface area contributed by atoms with Gasteiger partial charge in [-0.3, -0.25) is 20.2 Å². The third kappa shape index (κ3) is 3.91. The molecule has 3 aromatic rings. The minimum absolute atomic E-state index is 0.0400. The summed E-state index contributed by atoms with van der Waals surface area (Å²) < 4.78 is 9.46. The van der Waals surface area contributed by atoms with Crippen LogP contribution >= 0.6 is 22.9 Å². The van der Waals surface area contributed by atoms with E-state index in [1.807, 2.05) is 17.5 Å². The summed E-state index contributed by atoms with van der Waals surface area (Å²) in [5.74, 6) is 0.552. The number of ether oxygens (including phenoxy) is 1. The fraction of sp³-hybridized carbons (Fsp3) is 0.0714. The number of anilines is 1. The van der Waals surface area contributed by atoms with Crippen molar-refractivity contribution in [2.45, 2.75) is 0 Å². The van der Waals surface area contributed by atoms with Crippen LogP contribution < -0.4 is 10.1 Å². The van der Waals surface area contributed by atoms with Gasteiger partial charge >= 0.3 is 0 Å². The fourth-order valence-electron chi connectivity index (χ4n) is 1.75. The Morgan fingerprint density at radius 3 is 2.75 bits per heavy atom. The van der Waals surface area contributed by atoms with Crippen molar-refractivity contribution in [1.82, 2.24) is 9.36 Å². The summed E-state index contributed by atoms with van der Waals surface area (Å²) >= 11 is 2.60. The number of amides is 1. The molecule has 0 radical (unpaired) electrons. The van der Waals surface area contributed by atoms with Crippen molar-refractivity contribution in [2.24, 2.45) is 0 Å². The summed E-state index contributed by atoms with van der Waals surface area (Å²) in [7, 11) is 0. The molecule has 24 heavy (non-hydrogen) atoms. The number of nitro benzene ring substituents is 1. The lowest BCUT2D eigenvalue weighted by Gasteiger charge is -2.05. The van der Waals surface area contributed by atoms with Crippen molar-refractivity contribution in [3.8, 4) is 16.5 Å². The van der Waals surface area contributed by atoms with E-state index in [0.717, 1.165) is 16.4 Å². The lowest BCUT2D eigenvalue weighted by Crippen LogP contribution is -2.20. The van der Waals surface area contributed by atoms with Gasteiger partial charge in [0.15, 0.2) is 12.4 Å². The lowest BCUT2D eigenvalue weighted by atomic mass is 10.3. The number of non-ortho nitro benzene ring substituents is 1. The molecule has 0 atom stereocenters. The molecule has 0 aliphatic heterocycles. The second kappa shape index (κ2) is 7.15. The first-order valence-corrected chi connectivity index (χ1v) is 8.32. The van der Waals surface area contributed by atoms with Crippen molar-refractivity contribution in [1.29, 1.82) is 0 Å². The molecule has 0 aliphatic rings. The molecule has 0 aliphatic carbocycles. The van der Waals surface area contributed by atoms with Gasteiger partial charge in [0, 0.05) is 23.7 Å². The fourth-order valence-corrected chi connectivity index (χ4v) is 3.06. The molecule has 122 valence electrons. The van der Waals surface area contributed by atoms with Gasteiger partial charge in [0.05, 0.1) is 9.80 Å². The number of carbonyl (C=O) groups excluding carboxylic acids is 1. The van der Waals surface area contributed by atoms with Crippen LogP contribution in [0.25, 0.3) is 10.7 Å². The molecule has 1 aromatic carbocycles. The van der Waals surface area contributed by atoms with Crippen LogP contribution in [-0.2, 0) is 4.79 Å². The first-order valence-electron chi connectivity index (χ1n) is 6.66. The van der Waals surface area contributed by atoms with Crippen molar-refractivity contribution in [2.75, 3.05) is 11.9 Å². The third-order valence-corrected chi connectivity index (χ3v) is 4.33. The van der Waals surface area contributed by atoms with Crippen LogP contribution in [0.1, 0.15) is 0 Å². The van der Waals surface area contributed by atoms with Gasteiger partial charge in [-0.2, -0.15) is 9.36 Å². The highest BCUT2D eigenvalue weighted by Gasteiger charge is 2.11. The molecule has 0 bridgehead atoms. The van der Waals surface area contributed by atoms with E-state index in [1.165, 1.54) is 35.6 Å². The first kappa shape index (κ1) is 16.0. The molecule has 0 saturated heterocycles. The topological polar surface area (TPSA) is 107 Å². The Kier molecular flexibility index (Phi) is 4.77. The van der Waals surface area contributed by atoms with Gasteiger partial charge in [0.25, 0.3) is 11.6 Å². The number of hydrogen-bond acceptors (Lipinski definition) is 8. The van der Waals surface area contributed by atoms with E-state index in [0.29, 0.717) is 16.7 Å². The molecular weight excluding hydrogens is 352 g/mol. The molecule has 0 fully saturated rings. The van der Waals surface area contributed by atoms with Gasteiger partial charge in [-0.1, -0.05) is 6.07 Å². The minimum Gasteiger partial charge on any atom is -0.484 e. The molecule has 2 aromatic heterocycles. The van der Waals surface area contributed by atoms with E-state index in [2.05, 4.69) is 14.7 Å². The van der Waals surface area contributed by atoms with E-state index < -0.39 is 4.92 Å². The maximum Gasteiger partial charge on any atom is 0.269 e. The van der Waals surface area contributed by atoms with Crippen LogP contribution in [-0.4, -0.2) is 26.8 Å². The van der Waals surface area contributed by atoms with Crippen molar-refractivity contribution in [3.63, 3.8) is 0 Å². The summed E-state index contributed by atoms with van der Waals surface area (Å²) in [4.78, 5) is 27.1.